The number of aromatic nitrogens is 5. The van der Waals surface area contributed by atoms with Crippen LogP contribution in [-0.4, -0.2) is 49.0 Å². The third kappa shape index (κ3) is 4.93. The molecular weight excluding hydrogens is 533 g/mol. The average molecular weight is 563 g/mol. The van der Waals surface area contributed by atoms with Gasteiger partial charge in [-0.15, -0.1) is 0 Å². The maximum Gasteiger partial charge on any atom is 0.433 e. The Labute approximate surface area is 234 Å². The van der Waals surface area contributed by atoms with Crippen molar-refractivity contribution in [2.75, 3.05) is 13.7 Å². The van der Waals surface area contributed by atoms with Crippen molar-refractivity contribution >= 4 is 23.0 Å². The van der Waals surface area contributed by atoms with E-state index in [-0.39, 0.29) is 48.4 Å². The van der Waals surface area contributed by atoms with Crippen LogP contribution in [0.25, 0.3) is 28.4 Å². The highest BCUT2D eigenvalue weighted by molar-refractivity contribution is 6.02. The number of alkyl halides is 3. The maximum atomic E-state index is 14.0. The topological polar surface area (TPSA) is 86.0 Å². The molecule has 4 aromatic rings. The first-order valence-electron chi connectivity index (χ1n) is 13.6. The summed E-state index contributed by atoms with van der Waals surface area (Å²) in [6, 6.07) is 9.71. The van der Waals surface area contributed by atoms with Gasteiger partial charge < -0.3 is 14.2 Å². The summed E-state index contributed by atoms with van der Waals surface area (Å²) in [6.45, 7) is 0.135. The maximum absolute atomic E-state index is 14.0. The Bertz CT molecular complexity index is 1640. The van der Waals surface area contributed by atoms with Crippen LogP contribution in [0.1, 0.15) is 59.9 Å². The second kappa shape index (κ2) is 10.6. The van der Waals surface area contributed by atoms with E-state index in [9.17, 15) is 18.0 Å². The number of amides is 1. The van der Waals surface area contributed by atoms with Crippen LogP contribution in [0, 0.1) is 0 Å². The van der Waals surface area contributed by atoms with Crippen molar-refractivity contribution < 1.29 is 22.7 Å². The molecule has 1 saturated carbocycles. The molecular formula is C30H29F3N6O2. The second-order valence-electron chi connectivity index (χ2n) is 10.4. The summed E-state index contributed by atoms with van der Waals surface area (Å²) >= 11 is 0. The number of halogens is 3. The molecule has 0 atom stereocenters. The van der Waals surface area contributed by atoms with E-state index in [1.54, 1.807) is 6.08 Å². The summed E-state index contributed by atoms with van der Waals surface area (Å²) in [4.78, 5) is 32.3. The van der Waals surface area contributed by atoms with E-state index >= 15 is 0 Å². The van der Waals surface area contributed by atoms with Crippen LogP contribution in [0.4, 0.5) is 13.2 Å². The van der Waals surface area contributed by atoms with E-state index in [0.717, 1.165) is 36.9 Å². The normalized spacial score (nSPS) is 16.1. The lowest BCUT2D eigenvalue weighted by atomic mass is 10.00. The van der Waals surface area contributed by atoms with Crippen molar-refractivity contribution in [2.24, 2.45) is 7.05 Å². The second-order valence-corrected chi connectivity index (χ2v) is 10.4. The highest BCUT2D eigenvalue weighted by Crippen LogP contribution is 2.39. The largest absolute Gasteiger partial charge is 0.480 e. The number of benzene rings is 1. The minimum Gasteiger partial charge on any atom is -0.480 e. The van der Waals surface area contributed by atoms with Crippen molar-refractivity contribution in [1.29, 1.82) is 0 Å². The van der Waals surface area contributed by atoms with Gasteiger partial charge in [0.15, 0.2) is 5.69 Å². The number of carbonyl (C=O) groups is 1. The fourth-order valence-corrected chi connectivity index (χ4v) is 6.02. The Kier molecular flexibility index (Phi) is 6.96. The number of hydrogen-bond acceptors (Lipinski definition) is 6. The van der Waals surface area contributed by atoms with E-state index in [1.807, 2.05) is 41.9 Å². The number of methoxy groups -OCH3 is 1. The van der Waals surface area contributed by atoms with Gasteiger partial charge in [-0.2, -0.15) is 13.2 Å². The number of nitrogens with zero attached hydrogens (tertiary/aromatic N) is 6. The lowest BCUT2D eigenvalue weighted by Crippen LogP contribution is -2.37. The average Bonchev–Trinajstić information content (AvgIpc) is 3.62. The number of carbonyl (C=O) groups excluding carboxylic acids is 1. The minimum absolute atomic E-state index is 0.00264. The van der Waals surface area contributed by atoms with E-state index < -0.39 is 11.9 Å². The van der Waals surface area contributed by atoms with Gasteiger partial charge in [-0.3, -0.25) is 4.79 Å². The van der Waals surface area contributed by atoms with Gasteiger partial charge >= 0.3 is 6.18 Å². The summed E-state index contributed by atoms with van der Waals surface area (Å²) < 4.78 is 49.4. The molecule has 8 nitrogen and oxygen atoms in total. The Morgan fingerprint density at radius 3 is 2.56 bits per heavy atom. The van der Waals surface area contributed by atoms with Crippen molar-refractivity contribution in [3.63, 3.8) is 0 Å². The molecule has 0 bridgehead atoms. The van der Waals surface area contributed by atoms with Crippen LogP contribution in [0.3, 0.4) is 0 Å². The molecule has 1 aromatic carbocycles. The molecule has 1 amide bonds. The van der Waals surface area contributed by atoms with Gasteiger partial charge in [-0.25, -0.2) is 19.9 Å². The van der Waals surface area contributed by atoms with Crippen molar-refractivity contribution in [2.45, 2.75) is 50.7 Å². The lowest BCUT2D eigenvalue weighted by Gasteiger charge is -2.29. The van der Waals surface area contributed by atoms with Crippen LogP contribution in [0.2, 0.25) is 0 Å². The number of ether oxygens (including phenoxy) is 1. The van der Waals surface area contributed by atoms with E-state index in [1.165, 1.54) is 24.4 Å². The standard InChI is InChI=1S/C30H29F3N6O2/c1-38-25(18-8-4-3-5-9-18)21(24-28(38)34-17-35-29(24)41-2)12-13-23(40)39-15-14-20-22(16-39)36-27(19-10-6-7-11-19)37-26(20)30(31,32)33/h3-5,8-9,12-13,17,19H,6-7,10-11,14-16H2,1-2H3/b13-12+. The molecule has 3 aromatic heterocycles. The highest BCUT2D eigenvalue weighted by Gasteiger charge is 2.40. The number of rotatable bonds is 5. The van der Waals surface area contributed by atoms with Gasteiger partial charge in [0.2, 0.25) is 11.8 Å². The van der Waals surface area contributed by atoms with Crippen molar-refractivity contribution in [1.82, 2.24) is 29.4 Å². The van der Waals surface area contributed by atoms with Gasteiger partial charge in [-0.1, -0.05) is 43.2 Å². The zero-order chi connectivity index (χ0) is 28.7. The molecule has 1 aliphatic carbocycles. The van der Waals surface area contributed by atoms with Crippen LogP contribution in [0.5, 0.6) is 5.88 Å². The van der Waals surface area contributed by atoms with Crippen LogP contribution < -0.4 is 4.74 Å². The molecule has 6 rings (SSSR count). The van der Waals surface area contributed by atoms with E-state index in [2.05, 4.69) is 19.9 Å². The van der Waals surface area contributed by atoms with Gasteiger partial charge in [0.1, 0.15) is 17.8 Å². The third-order valence-electron chi connectivity index (χ3n) is 7.99. The first-order valence-corrected chi connectivity index (χ1v) is 13.6. The highest BCUT2D eigenvalue weighted by atomic mass is 19.4. The molecule has 2 aliphatic rings. The summed E-state index contributed by atoms with van der Waals surface area (Å²) in [5, 5.41) is 0.660. The monoisotopic (exact) mass is 562 g/mol. The van der Waals surface area contributed by atoms with Crippen LogP contribution in [-0.2, 0) is 31.0 Å². The molecule has 4 heterocycles. The number of aryl methyl sites for hydroxylation is 1. The Morgan fingerprint density at radius 2 is 1.85 bits per heavy atom. The molecule has 0 N–H and O–H groups in total. The number of fused-ring (bicyclic) bond motifs is 2. The zero-order valence-corrected chi connectivity index (χ0v) is 22.8. The van der Waals surface area contributed by atoms with E-state index in [4.69, 9.17) is 4.74 Å². The lowest BCUT2D eigenvalue weighted by molar-refractivity contribution is -0.142. The summed E-state index contributed by atoms with van der Waals surface area (Å²) in [5.74, 6) is 0.223. The summed E-state index contributed by atoms with van der Waals surface area (Å²) in [6.07, 6.45) is 3.52. The Hall–Kier alpha value is -4.28. The minimum atomic E-state index is -4.57. The van der Waals surface area contributed by atoms with Crippen molar-refractivity contribution in [3.8, 4) is 17.1 Å². The van der Waals surface area contributed by atoms with Crippen molar-refractivity contribution in [3.05, 3.63) is 71.1 Å². The zero-order valence-electron chi connectivity index (χ0n) is 22.8. The third-order valence-corrected chi connectivity index (χ3v) is 7.99. The van der Waals surface area contributed by atoms with Gasteiger partial charge in [0.05, 0.1) is 30.4 Å². The summed E-state index contributed by atoms with van der Waals surface area (Å²) in [7, 11) is 3.41. The molecule has 1 fully saturated rings. The van der Waals surface area contributed by atoms with Gasteiger partial charge in [0.25, 0.3) is 0 Å². The molecule has 0 radical (unpaired) electrons. The fourth-order valence-electron chi connectivity index (χ4n) is 6.02. The first-order chi connectivity index (χ1) is 19.8. The Balaban J connectivity index is 1.36. The predicted octanol–water partition coefficient (Wildman–Crippen LogP) is 5.71. The van der Waals surface area contributed by atoms with Crippen LogP contribution in [0.15, 0.2) is 42.7 Å². The molecule has 41 heavy (non-hydrogen) atoms. The molecule has 0 unspecified atom stereocenters. The Morgan fingerprint density at radius 1 is 1.10 bits per heavy atom. The van der Waals surface area contributed by atoms with Crippen LogP contribution >= 0.6 is 0 Å². The quantitative estimate of drug-likeness (QED) is 0.290. The molecule has 0 saturated heterocycles. The predicted molar refractivity (Wildman–Crippen MR) is 147 cm³/mol. The van der Waals surface area contributed by atoms with E-state index in [0.29, 0.717) is 22.5 Å². The SMILES string of the molecule is COc1ncnc2c1c(/C=C/C(=O)N1CCc3c(nc(C4CCCC4)nc3C(F)(F)F)C1)c(-c1ccccc1)n2C. The number of hydrogen-bond donors (Lipinski definition) is 0. The molecule has 0 spiro atoms. The first kappa shape index (κ1) is 26.9. The van der Waals surface area contributed by atoms with Gasteiger partial charge in [0, 0.05) is 36.7 Å². The summed E-state index contributed by atoms with van der Waals surface area (Å²) in [5.41, 5.74) is 2.62. The molecule has 212 valence electrons. The molecule has 11 heteroatoms. The fraction of sp³-hybridized carbons (Fsp3) is 0.367. The van der Waals surface area contributed by atoms with Gasteiger partial charge in [-0.05, 0) is 30.9 Å². The molecule has 1 aliphatic heterocycles. The smallest absolute Gasteiger partial charge is 0.433 e.